The molecule has 0 aromatic rings. The van der Waals surface area contributed by atoms with Crippen LogP contribution in [0.15, 0.2) is 0 Å². The van der Waals surface area contributed by atoms with Crippen LogP contribution in [-0.2, 0) is 4.74 Å². The molecule has 0 aliphatic heterocycles. The van der Waals surface area contributed by atoms with Crippen molar-refractivity contribution in [2.75, 3.05) is 11.9 Å². The first-order chi connectivity index (χ1) is 5.57. The molecule has 12 heavy (non-hydrogen) atoms. The minimum Gasteiger partial charge on any atom is -0.379 e. The van der Waals surface area contributed by atoms with Gasteiger partial charge in [-0.3, -0.25) is 0 Å². The molecule has 0 amide bonds. The first kappa shape index (κ1) is 12.4. The Morgan fingerprint density at radius 1 is 1.17 bits per heavy atom. The van der Waals surface area contributed by atoms with E-state index in [4.69, 9.17) is 4.74 Å². The van der Waals surface area contributed by atoms with Gasteiger partial charge in [-0.25, -0.2) is 0 Å². The highest BCUT2D eigenvalue weighted by atomic mass is 79.9. The van der Waals surface area contributed by atoms with Crippen LogP contribution in [0, 0.1) is 11.8 Å². The molecule has 74 valence electrons. The van der Waals surface area contributed by atoms with Crippen molar-refractivity contribution in [2.24, 2.45) is 11.8 Å². The molecule has 1 nitrogen and oxygen atoms in total. The summed E-state index contributed by atoms with van der Waals surface area (Å²) in [7, 11) is 0. The van der Waals surface area contributed by atoms with E-state index >= 15 is 0 Å². The summed E-state index contributed by atoms with van der Waals surface area (Å²) in [5, 5.41) is 1.09. The van der Waals surface area contributed by atoms with Gasteiger partial charge in [-0.05, 0) is 32.1 Å². The number of hydrogen-bond acceptors (Lipinski definition) is 1. The van der Waals surface area contributed by atoms with Crippen molar-refractivity contribution >= 4 is 15.9 Å². The summed E-state index contributed by atoms with van der Waals surface area (Å²) in [5.74, 6) is 1.50. The molecule has 0 aromatic carbocycles. The molecule has 1 atom stereocenters. The quantitative estimate of drug-likeness (QED) is 0.643. The topological polar surface area (TPSA) is 9.23 Å². The van der Waals surface area contributed by atoms with E-state index in [1.165, 1.54) is 6.42 Å². The van der Waals surface area contributed by atoms with E-state index in [1.54, 1.807) is 0 Å². The maximum absolute atomic E-state index is 5.50. The third kappa shape index (κ3) is 6.01. The van der Waals surface area contributed by atoms with Crippen molar-refractivity contribution in [3.8, 4) is 0 Å². The van der Waals surface area contributed by atoms with Crippen LogP contribution in [0.1, 0.15) is 34.1 Å². The molecule has 0 aliphatic carbocycles. The van der Waals surface area contributed by atoms with Gasteiger partial charge in [0.05, 0.1) is 6.10 Å². The predicted molar refractivity (Wildman–Crippen MR) is 57.8 cm³/mol. The Kier molecular flexibility index (Phi) is 7.16. The summed E-state index contributed by atoms with van der Waals surface area (Å²) in [4.78, 5) is 0. The van der Waals surface area contributed by atoms with Crippen LogP contribution in [0.4, 0.5) is 0 Å². The highest BCUT2D eigenvalue weighted by molar-refractivity contribution is 9.09. The normalized spacial score (nSPS) is 14.2. The van der Waals surface area contributed by atoms with Crippen molar-refractivity contribution < 1.29 is 4.74 Å². The van der Waals surface area contributed by atoms with Crippen LogP contribution in [0.3, 0.4) is 0 Å². The Labute approximate surface area is 85.0 Å². The Balaban J connectivity index is 3.45. The predicted octanol–water partition coefficient (Wildman–Crippen LogP) is 3.47. The second-order valence-electron chi connectivity index (χ2n) is 3.87. The molecule has 0 aliphatic rings. The second-order valence-corrected chi connectivity index (χ2v) is 4.51. The summed E-state index contributed by atoms with van der Waals surface area (Å²) in [5.41, 5.74) is 0. The van der Waals surface area contributed by atoms with Crippen molar-refractivity contribution in [2.45, 2.75) is 40.2 Å². The van der Waals surface area contributed by atoms with E-state index in [2.05, 4.69) is 43.6 Å². The summed E-state index contributed by atoms with van der Waals surface area (Å²) >= 11 is 3.53. The third-order valence-corrected chi connectivity index (χ3v) is 2.91. The number of alkyl halides is 1. The minimum atomic E-state index is 0.369. The van der Waals surface area contributed by atoms with Gasteiger partial charge in [0, 0.05) is 11.9 Å². The first-order valence-corrected chi connectivity index (χ1v) is 5.87. The Hall–Kier alpha value is 0.440. The first-order valence-electron chi connectivity index (χ1n) is 4.75. The fourth-order valence-corrected chi connectivity index (χ4v) is 2.12. The van der Waals surface area contributed by atoms with Gasteiger partial charge in [0.1, 0.15) is 0 Å². The Morgan fingerprint density at radius 2 is 1.75 bits per heavy atom. The zero-order valence-corrected chi connectivity index (χ0v) is 10.2. The SMILES string of the molecule is CC(C)OCCC(CBr)C(C)C. The van der Waals surface area contributed by atoms with Gasteiger partial charge in [-0.15, -0.1) is 0 Å². The molecule has 0 radical (unpaired) electrons. The van der Waals surface area contributed by atoms with E-state index in [1.807, 2.05) is 0 Å². The largest absolute Gasteiger partial charge is 0.379 e. The van der Waals surface area contributed by atoms with Gasteiger partial charge < -0.3 is 4.74 Å². The monoisotopic (exact) mass is 236 g/mol. The lowest BCUT2D eigenvalue weighted by Crippen LogP contribution is -2.15. The van der Waals surface area contributed by atoms with Crippen LogP contribution in [-0.4, -0.2) is 18.0 Å². The van der Waals surface area contributed by atoms with Crippen LogP contribution in [0.2, 0.25) is 0 Å². The van der Waals surface area contributed by atoms with Crippen molar-refractivity contribution in [1.29, 1.82) is 0 Å². The van der Waals surface area contributed by atoms with Gasteiger partial charge in [0.15, 0.2) is 0 Å². The molecule has 0 rings (SSSR count). The second kappa shape index (κ2) is 6.90. The fourth-order valence-electron chi connectivity index (χ4n) is 1.04. The highest BCUT2D eigenvalue weighted by Crippen LogP contribution is 2.17. The van der Waals surface area contributed by atoms with Crippen LogP contribution in [0.5, 0.6) is 0 Å². The van der Waals surface area contributed by atoms with Gasteiger partial charge in [-0.1, -0.05) is 29.8 Å². The van der Waals surface area contributed by atoms with E-state index in [9.17, 15) is 0 Å². The molecule has 0 saturated heterocycles. The maximum atomic E-state index is 5.50. The summed E-state index contributed by atoms with van der Waals surface area (Å²) in [6, 6.07) is 0. The molecule has 0 spiro atoms. The van der Waals surface area contributed by atoms with E-state index in [0.717, 1.165) is 23.8 Å². The molecule has 0 saturated carbocycles. The van der Waals surface area contributed by atoms with Crippen LogP contribution >= 0.6 is 15.9 Å². The van der Waals surface area contributed by atoms with Gasteiger partial charge in [-0.2, -0.15) is 0 Å². The van der Waals surface area contributed by atoms with E-state index in [-0.39, 0.29) is 0 Å². The maximum Gasteiger partial charge on any atom is 0.0518 e. The molecule has 0 heterocycles. The van der Waals surface area contributed by atoms with E-state index in [0.29, 0.717) is 6.10 Å². The average molecular weight is 237 g/mol. The molecular formula is C10H21BrO. The lowest BCUT2D eigenvalue weighted by Gasteiger charge is -2.18. The van der Waals surface area contributed by atoms with Gasteiger partial charge >= 0.3 is 0 Å². The molecule has 0 aromatic heterocycles. The summed E-state index contributed by atoms with van der Waals surface area (Å²) < 4.78 is 5.50. The summed E-state index contributed by atoms with van der Waals surface area (Å²) in [6.07, 6.45) is 1.54. The van der Waals surface area contributed by atoms with E-state index < -0.39 is 0 Å². The number of hydrogen-bond donors (Lipinski definition) is 0. The van der Waals surface area contributed by atoms with Crippen molar-refractivity contribution in [1.82, 2.24) is 0 Å². The molecule has 0 bridgehead atoms. The van der Waals surface area contributed by atoms with Gasteiger partial charge in [0.25, 0.3) is 0 Å². The number of rotatable bonds is 6. The minimum absolute atomic E-state index is 0.369. The standard InChI is InChI=1S/C10H21BrO/c1-8(2)10(7-11)5-6-12-9(3)4/h8-10H,5-7H2,1-4H3. The van der Waals surface area contributed by atoms with Gasteiger partial charge in [0.2, 0.25) is 0 Å². The molecule has 1 unspecified atom stereocenters. The molecule has 2 heteroatoms. The number of halogens is 1. The van der Waals surface area contributed by atoms with Crippen LogP contribution in [0.25, 0.3) is 0 Å². The Morgan fingerprint density at radius 3 is 2.08 bits per heavy atom. The summed E-state index contributed by atoms with van der Waals surface area (Å²) in [6.45, 7) is 9.59. The Bertz CT molecular complexity index is 102. The van der Waals surface area contributed by atoms with Crippen LogP contribution < -0.4 is 0 Å². The van der Waals surface area contributed by atoms with Crippen molar-refractivity contribution in [3.63, 3.8) is 0 Å². The lowest BCUT2D eigenvalue weighted by atomic mass is 9.95. The highest BCUT2D eigenvalue weighted by Gasteiger charge is 2.11. The van der Waals surface area contributed by atoms with Crippen molar-refractivity contribution in [3.05, 3.63) is 0 Å². The molecular weight excluding hydrogens is 216 g/mol. The zero-order valence-electron chi connectivity index (χ0n) is 8.64. The zero-order chi connectivity index (χ0) is 9.56. The lowest BCUT2D eigenvalue weighted by molar-refractivity contribution is 0.0665. The third-order valence-electron chi connectivity index (χ3n) is 2.08. The average Bonchev–Trinajstić information content (AvgIpc) is 1.96. The molecule has 0 N–H and O–H groups in total. The number of ether oxygens (including phenoxy) is 1. The fraction of sp³-hybridized carbons (Fsp3) is 1.00. The smallest absolute Gasteiger partial charge is 0.0518 e. The molecule has 0 fully saturated rings.